The van der Waals surface area contributed by atoms with Gasteiger partial charge < -0.3 is 10.1 Å². The molecule has 3 atom stereocenters. The lowest BCUT2D eigenvalue weighted by atomic mass is 9.69. The molecule has 2 bridgehead atoms. The summed E-state index contributed by atoms with van der Waals surface area (Å²) in [6.07, 6.45) is 4.27. The molecule has 0 aromatic heterocycles. The van der Waals surface area contributed by atoms with E-state index in [4.69, 9.17) is 4.74 Å². The summed E-state index contributed by atoms with van der Waals surface area (Å²) >= 11 is 0. The van der Waals surface area contributed by atoms with E-state index in [-0.39, 0.29) is 30.6 Å². The highest BCUT2D eigenvalue weighted by Gasteiger charge is 2.39. The number of fused-ring (bicyclic) bond motifs is 2. The van der Waals surface area contributed by atoms with Crippen LogP contribution < -0.4 is 5.32 Å². The van der Waals surface area contributed by atoms with Crippen LogP contribution in [0.15, 0.2) is 30.3 Å². The lowest BCUT2D eigenvalue weighted by Crippen LogP contribution is -2.46. The maximum absolute atomic E-state index is 12.0. The SMILES string of the molecule is O=C(NC1C[C@H]2CCC[C@@H](C1)C2=O)OCc1ccccc1. The topological polar surface area (TPSA) is 55.4 Å². The van der Waals surface area contributed by atoms with Crippen LogP contribution >= 0.6 is 0 Å². The van der Waals surface area contributed by atoms with Gasteiger partial charge in [0.1, 0.15) is 12.4 Å². The zero-order valence-electron chi connectivity index (χ0n) is 12.1. The third-order valence-electron chi connectivity index (χ3n) is 4.58. The van der Waals surface area contributed by atoms with E-state index < -0.39 is 0 Å². The monoisotopic (exact) mass is 287 g/mol. The van der Waals surface area contributed by atoms with Crippen molar-refractivity contribution >= 4 is 11.9 Å². The fraction of sp³-hybridized carbons (Fsp3) is 0.529. The highest BCUT2D eigenvalue weighted by molar-refractivity contribution is 5.85. The van der Waals surface area contributed by atoms with Crippen molar-refractivity contribution in [3.8, 4) is 0 Å². The van der Waals surface area contributed by atoms with Gasteiger partial charge in [-0.05, 0) is 31.2 Å². The molecule has 3 rings (SSSR count). The van der Waals surface area contributed by atoms with Gasteiger partial charge in [0.15, 0.2) is 0 Å². The molecule has 2 fully saturated rings. The molecule has 2 saturated carbocycles. The molecule has 2 aliphatic carbocycles. The molecule has 1 aromatic rings. The first-order valence-electron chi connectivity index (χ1n) is 7.73. The Hall–Kier alpha value is -1.84. The maximum Gasteiger partial charge on any atom is 0.407 e. The molecule has 4 heteroatoms. The predicted octanol–water partition coefficient (Wildman–Crippen LogP) is 3.06. The van der Waals surface area contributed by atoms with E-state index in [1.807, 2.05) is 30.3 Å². The average molecular weight is 287 g/mol. The minimum atomic E-state index is -0.378. The Labute approximate surface area is 124 Å². The number of benzene rings is 1. The summed E-state index contributed by atoms with van der Waals surface area (Å²) in [5, 5.41) is 2.92. The quantitative estimate of drug-likeness (QED) is 0.929. The van der Waals surface area contributed by atoms with E-state index in [1.54, 1.807) is 0 Å². The summed E-state index contributed by atoms with van der Waals surface area (Å²) in [6, 6.07) is 9.71. The molecule has 4 nitrogen and oxygen atoms in total. The Morgan fingerprint density at radius 3 is 2.48 bits per heavy atom. The van der Waals surface area contributed by atoms with Crippen molar-refractivity contribution in [2.45, 2.75) is 44.8 Å². The number of hydrogen-bond acceptors (Lipinski definition) is 3. The van der Waals surface area contributed by atoms with Crippen LogP contribution in [0.4, 0.5) is 4.79 Å². The second kappa shape index (κ2) is 6.29. The number of rotatable bonds is 3. The molecule has 0 radical (unpaired) electrons. The minimum Gasteiger partial charge on any atom is -0.445 e. The zero-order chi connectivity index (χ0) is 14.7. The first kappa shape index (κ1) is 14.1. The molecule has 0 spiro atoms. The Bertz CT molecular complexity index is 498. The number of nitrogens with one attached hydrogen (secondary N) is 1. The molecule has 21 heavy (non-hydrogen) atoms. The van der Waals surface area contributed by atoms with Gasteiger partial charge in [-0.15, -0.1) is 0 Å². The maximum atomic E-state index is 12.0. The van der Waals surface area contributed by atoms with Gasteiger partial charge in [0, 0.05) is 17.9 Å². The van der Waals surface area contributed by atoms with E-state index in [0.717, 1.165) is 37.7 Å². The fourth-order valence-corrected chi connectivity index (χ4v) is 3.53. The van der Waals surface area contributed by atoms with Gasteiger partial charge in [-0.1, -0.05) is 36.8 Å². The number of hydrogen-bond donors (Lipinski definition) is 1. The molecular weight excluding hydrogens is 266 g/mol. The standard InChI is InChI=1S/C17H21NO3/c19-16-13-7-4-8-14(16)10-15(9-13)18-17(20)21-11-12-5-2-1-3-6-12/h1-3,5-6,13-15H,4,7-11H2,(H,18,20)/t13-,14+,15?. The van der Waals surface area contributed by atoms with Crippen LogP contribution in [0.3, 0.4) is 0 Å². The summed E-state index contributed by atoms with van der Waals surface area (Å²) in [5.74, 6) is 0.714. The van der Waals surface area contributed by atoms with E-state index in [9.17, 15) is 9.59 Å². The van der Waals surface area contributed by atoms with E-state index in [2.05, 4.69) is 5.32 Å². The minimum absolute atomic E-state index is 0.0845. The number of Topliss-reactive ketones (excluding diaryl/α,β-unsaturated/α-hetero) is 1. The highest BCUT2D eigenvalue weighted by Crippen LogP contribution is 2.37. The third-order valence-corrected chi connectivity index (χ3v) is 4.58. The third kappa shape index (κ3) is 3.43. The molecule has 1 N–H and O–H groups in total. The fourth-order valence-electron chi connectivity index (χ4n) is 3.53. The van der Waals surface area contributed by atoms with Crippen molar-refractivity contribution in [1.29, 1.82) is 0 Å². The predicted molar refractivity (Wildman–Crippen MR) is 78.6 cm³/mol. The van der Waals surface area contributed by atoms with Gasteiger partial charge in [0.2, 0.25) is 0 Å². The molecule has 1 aromatic carbocycles. The van der Waals surface area contributed by atoms with Gasteiger partial charge in [0.05, 0.1) is 0 Å². The van der Waals surface area contributed by atoms with Gasteiger partial charge in [-0.3, -0.25) is 4.79 Å². The van der Waals surface area contributed by atoms with Crippen molar-refractivity contribution in [2.24, 2.45) is 11.8 Å². The second-order valence-corrected chi connectivity index (χ2v) is 6.10. The number of amides is 1. The first-order chi connectivity index (χ1) is 10.2. The van der Waals surface area contributed by atoms with Gasteiger partial charge in [-0.25, -0.2) is 4.79 Å². The lowest BCUT2D eigenvalue weighted by molar-refractivity contribution is -0.132. The number of ketones is 1. The normalized spacial score (nSPS) is 28.0. The van der Waals surface area contributed by atoms with Crippen LogP contribution in [0.25, 0.3) is 0 Å². The lowest BCUT2D eigenvalue weighted by Gasteiger charge is -2.37. The molecule has 0 saturated heterocycles. The van der Waals surface area contributed by atoms with Crippen LogP contribution in [0.2, 0.25) is 0 Å². The number of carbonyl (C=O) groups is 2. The molecule has 1 unspecified atom stereocenters. The van der Waals surface area contributed by atoms with Crippen LogP contribution in [0.1, 0.15) is 37.7 Å². The smallest absolute Gasteiger partial charge is 0.407 e. The van der Waals surface area contributed by atoms with Gasteiger partial charge in [-0.2, -0.15) is 0 Å². The van der Waals surface area contributed by atoms with Crippen LogP contribution in [-0.4, -0.2) is 17.9 Å². The molecule has 112 valence electrons. The van der Waals surface area contributed by atoms with E-state index in [0.29, 0.717) is 5.78 Å². The molecule has 0 heterocycles. The Kier molecular flexibility index (Phi) is 4.23. The number of alkyl carbamates (subject to hydrolysis) is 1. The molecule has 1 amide bonds. The molecular formula is C17H21NO3. The van der Waals surface area contributed by atoms with Crippen molar-refractivity contribution in [1.82, 2.24) is 5.32 Å². The molecule has 2 aliphatic rings. The van der Waals surface area contributed by atoms with Crippen LogP contribution in [0, 0.1) is 11.8 Å². The van der Waals surface area contributed by atoms with Crippen molar-refractivity contribution in [2.75, 3.05) is 0 Å². The number of ether oxygens (including phenoxy) is 1. The Morgan fingerprint density at radius 2 is 1.81 bits per heavy atom. The average Bonchev–Trinajstić information content (AvgIpc) is 2.47. The van der Waals surface area contributed by atoms with Gasteiger partial charge in [0.25, 0.3) is 0 Å². The summed E-state index contributed by atoms with van der Waals surface area (Å²) in [5.41, 5.74) is 0.975. The van der Waals surface area contributed by atoms with Crippen LogP contribution in [-0.2, 0) is 16.1 Å². The second-order valence-electron chi connectivity index (χ2n) is 6.10. The van der Waals surface area contributed by atoms with Crippen LogP contribution in [0.5, 0.6) is 0 Å². The van der Waals surface area contributed by atoms with E-state index >= 15 is 0 Å². The number of carbonyl (C=O) groups excluding carboxylic acids is 2. The summed E-state index contributed by atoms with van der Waals surface area (Å²) < 4.78 is 5.24. The zero-order valence-corrected chi connectivity index (χ0v) is 12.1. The Morgan fingerprint density at radius 1 is 1.14 bits per heavy atom. The van der Waals surface area contributed by atoms with Gasteiger partial charge >= 0.3 is 6.09 Å². The van der Waals surface area contributed by atoms with Crippen molar-refractivity contribution in [3.05, 3.63) is 35.9 Å². The first-order valence-corrected chi connectivity index (χ1v) is 7.73. The highest BCUT2D eigenvalue weighted by atomic mass is 16.5. The Balaban J connectivity index is 1.48. The van der Waals surface area contributed by atoms with E-state index in [1.165, 1.54) is 0 Å². The summed E-state index contributed by atoms with van der Waals surface area (Å²) in [7, 11) is 0. The molecule has 0 aliphatic heterocycles. The van der Waals surface area contributed by atoms with Crippen molar-refractivity contribution < 1.29 is 14.3 Å². The largest absolute Gasteiger partial charge is 0.445 e. The summed E-state index contributed by atoms with van der Waals surface area (Å²) in [4.78, 5) is 23.9. The van der Waals surface area contributed by atoms with Crippen molar-refractivity contribution in [3.63, 3.8) is 0 Å². The summed E-state index contributed by atoms with van der Waals surface area (Å²) in [6.45, 7) is 0.283.